The van der Waals surface area contributed by atoms with Crippen LogP contribution in [0.1, 0.15) is 51.6 Å². The molecule has 5 nitrogen and oxygen atoms in total. The van der Waals surface area contributed by atoms with Crippen molar-refractivity contribution in [3.05, 3.63) is 47.4 Å². The average Bonchev–Trinajstić information content (AvgIpc) is 2.94. The van der Waals surface area contributed by atoms with Gasteiger partial charge < -0.3 is 9.16 Å². The van der Waals surface area contributed by atoms with Crippen LogP contribution in [0.3, 0.4) is 0 Å². The summed E-state index contributed by atoms with van der Waals surface area (Å²) in [6.07, 6.45) is 1.78. The minimum Gasteiger partial charge on any atom is -0.472 e. The molecular formula is C20H29N3O2Si. The SMILES string of the molecule is C[SiH](C)OCc1ncc(OC(C)(C)C)n1C(C)(C)c1ccc(C#N)cc1. The summed E-state index contributed by atoms with van der Waals surface area (Å²) in [4.78, 5) is 4.58. The highest BCUT2D eigenvalue weighted by Crippen LogP contribution is 2.34. The van der Waals surface area contributed by atoms with Crippen molar-refractivity contribution in [2.24, 2.45) is 0 Å². The summed E-state index contributed by atoms with van der Waals surface area (Å²) in [5.41, 5.74) is 0.998. The van der Waals surface area contributed by atoms with Crippen LogP contribution in [0.2, 0.25) is 13.1 Å². The number of nitriles is 1. The van der Waals surface area contributed by atoms with E-state index in [9.17, 15) is 0 Å². The lowest BCUT2D eigenvalue weighted by atomic mass is 9.93. The normalized spacial score (nSPS) is 12.3. The number of ether oxygens (including phenoxy) is 1. The average molecular weight is 372 g/mol. The second-order valence-electron chi connectivity index (χ2n) is 8.17. The third-order valence-corrected chi connectivity index (χ3v) is 4.87. The third-order valence-electron chi connectivity index (χ3n) is 4.04. The highest BCUT2D eigenvalue weighted by atomic mass is 28.3. The van der Waals surface area contributed by atoms with Crippen molar-refractivity contribution >= 4 is 9.04 Å². The Kier molecular flexibility index (Phi) is 5.94. The summed E-state index contributed by atoms with van der Waals surface area (Å²) in [5.74, 6) is 1.57. The summed E-state index contributed by atoms with van der Waals surface area (Å²) in [5, 5.41) is 9.06. The molecule has 0 spiro atoms. The van der Waals surface area contributed by atoms with Gasteiger partial charge in [0.2, 0.25) is 5.88 Å². The Balaban J connectivity index is 2.50. The third kappa shape index (κ3) is 4.74. The van der Waals surface area contributed by atoms with E-state index in [1.165, 1.54) is 0 Å². The molecule has 6 heteroatoms. The number of aromatic nitrogens is 2. The minimum absolute atomic E-state index is 0.330. The van der Waals surface area contributed by atoms with Crippen LogP contribution in [-0.4, -0.2) is 24.2 Å². The van der Waals surface area contributed by atoms with Crippen molar-refractivity contribution in [1.29, 1.82) is 5.26 Å². The fourth-order valence-corrected chi connectivity index (χ4v) is 3.26. The van der Waals surface area contributed by atoms with Gasteiger partial charge in [0.15, 0.2) is 9.04 Å². The number of benzene rings is 1. The standard InChI is InChI=1S/C20H29N3O2Si/c1-19(2,3)25-18-13-22-17(14-24-26(6)7)23(18)20(4,5)16-10-8-15(12-21)9-11-16/h8-11,13,26H,14H2,1-7H3. The van der Waals surface area contributed by atoms with Crippen molar-refractivity contribution in [1.82, 2.24) is 9.55 Å². The van der Waals surface area contributed by atoms with Crippen molar-refractivity contribution in [2.75, 3.05) is 0 Å². The van der Waals surface area contributed by atoms with E-state index in [4.69, 9.17) is 14.4 Å². The van der Waals surface area contributed by atoms with Crippen LogP contribution in [0.4, 0.5) is 0 Å². The zero-order chi connectivity index (χ0) is 19.5. The van der Waals surface area contributed by atoms with E-state index in [-0.39, 0.29) is 5.60 Å². The first-order chi connectivity index (χ1) is 12.0. The van der Waals surface area contributed by atoms with Gasteiger partial charge in [0, 0.05) is 0 Å². The lowest BCUT2D eigenvalue weighted by Gasteiger charge is -2.33. The van der Waals surface area contributed by atoms with Crippen molar-refractivity contribution in [3.63, 3.8) is 0 Å². The lowest BCUT2D eigenvalue weighted by Crippen LogP contribution is -2.33. The molecule has 0 unspecified atom stereocenters. The molecule has 0 radical (unpaired) electrons. The van der Waals surface area contributed by atoms with Gasteiger partial charge in [0.05, 0.1) is 30.0 Å². The molecule has 140 valence electrons. The van der Waals surface area contributed by atoms with E-state index in [0.717, 1.165) is 17.3 Å². The van der Waals surface area contributed by atoms with Crippen LogP contribution < -0.4 is 4.74 Å². The molecular weight excluding hydrogens is 342 g/mol. The first-order valence-electron chi connectivity index (χ1n) is 8.93. The van der Waals surface area contributed by atoms with Crippen LogP contribution in [0, 0.1) is 11.3 Å². The van der Waals surface area contributed by atoms with Gasteiger partial charge in [0.25, 0.3) is 0 Å². The van der Waals surface area contributed by atoms with Gasteiger partial charge in [-0.1, -0.05) is 12.1 Å². The van der Waals surface area contributed by atoms with Gasteiger partial charge in [0.1, 0.15) is 11.4 Å². The van der Waals surface area contributed by atoms with Crippen molar-refractivity contribution in [2.45, 2.75) is 65.5 Å². The van der Waals surface area contributed by atoms with Gasteiger partial charge in [-0.15, -0.1) is 0 Å². The molecule has 0 saturated carbocycles. The van der Waals surface area contributed by atoms with E-state index in [2.05, 4.69) is 42.6 Å². The Bertz CT molecular complexity index is 781. The monoisotopic (exact) mass is 371 g/mol. The van der Waals surface area contributed by atoms with E-state index >= 15 is 0 Å². The molecule has 0 saturated heterocycles. The van der Waals surface area contributed by atoms with Crippen molar-refractivity contribution < 1.29 is 9.16 Å². The molecule has 0 aliphatic heterocycles. The van der Waals surface area contributed by atoms with Gasteiger partial charge in [-0.05, 0) is 65.4 Å². The Hall–Kier alpha value is -2.10. The fraction of sp³-hybridized carbons (Fsp3) is 0.500. The number of hydrogen-bond acceptors (Lipinski definition) is 4. The number of imidazole rings is 1. The highest BCUT2D eigenvalue weighted by molar-refractivity contribution is 6.48. The molecule has 0 N–H and O–H groups in total. The largest absolute Gasteiger partial charge is 0.472 e. The predicted molar refractivity (Wildman–Crippen MR) is 106 cm³/mol. The van der Waals surface area contributed by atoms with Crippen molar-refractivity contribution in [3.8, 4) is 11.9 Å². The quantitative estimate of drug-likeness (QED) is 0.714. The van der Waals surface area contributed by atoms with Crippen LogP contribution in [0.25, 0.3) is 0 Å². The molecule has 2 rings (SSSR count). The first kappa shape index (κ1) is 20.2. The van der Waals surface area contributed by atoms with E-state index in [0.29, 0.717) is 12.2 Å². The Morgan fingerprint density at radius 1 is 1.12 bits per heavy atom. The summed E-state index contributed by atoms with van der Waals surface area (Å²) < 4.78 is 14.2. The maximum Gasteiger partial charge on any atom is 0.215 e. The summed E-state index contributed by atoms with van der Waals surface area (Å²) in [7, 11) is -1.16. The molecule has 0 fully saturated rings. The van der Waals surface area contributed by atoms with Gasteiger partial charge in [-0.25, -0.2) is 4.98 Å². The predicted octanol–water partition coefficient (Wildman–Crippen LogP) is 4.22. The number of hydrogen-bond donors (Lipinski definition) is 0. The molecule has 0 atom stereocenters. The molecule has 1 heterocycles. The minimum atomic E-state index is -1.16. The van der Waals surface area contributed by atoms with Crippen LogP contribution in [0.15, 0.2) is 30.5 Å². The maximum atomic E-state index is 9.06. The molecule has 0 bridgehead atoms. The van der Waals surface area contributed by atoms with Crippen LogP contribution in [-0.2, 0) is 16.6 Å². The zero-order valence-electron chi connectivity index (χ0n) is 16.8. The van der Waals surface area contributed by atoms with E-state index in [1.807, 2.05) is 45.0 Å². The Morgan fingerprint density at radius 2 is 1.73 bits per heavy atom. The van der Waals surface area contributed by atoms with Crippen LogP contribution >= 0.6 is 0 Å². The van der Waals surface area contributed by atoms with E-state index in [1.54, 1.807) is 6.20 Å². The second kappa shape index (κ2) is 7.64. The molecule has 1 aromatic carbocycles. The van der Waals surface area contributed by atoms with Gasteiger partial charge >= 0.3 is 0 Å². The molecule has 2 aromatic rings. The smallest absolute Gasteiger partial charge is 0.215 e. The topological polar surface area (TPSA) is 60.1 Å². The number of rotatable bonds is 6. The van der Waals surface area contributed by atoms with E-state index < -0.39 is 14.6 Å². The molecule has 0 amide bonds. The first-order valence-corrected chi connectivity index (χ1v) is 11.7. The number of nitrogens with zero attached hydrogens (tertiary/aromatic N) is 3. The maximum absolute atomic E-state index is 9.06. The molecule has 0 aliphatic rings. The summed E-state index contributed by atoms with van der Waals surface area (Å²) in [6.45, 7) is 15.1. The van der Waals surface area contributed by atoms with Gasteiger partial charge in [-0.3, -0.25) is 4.57 Å². The lowest BCUT2D eigenvalue weighted by molar-refractivity contribution is 0.110. The van der Waals surface area contributed by atoms with Gasteiger partial charge in [-0.2, -0.15) is 5.26 Å². The molecule has 1 aromatic heterocycles. The highest BCUT2D eigenvalue weighted by Gasteiger charge is 2.30. The molecule has 26 heavy (non-hydrogen) atoms. The van der Waals surface area contributed by atoms with Crippen LogP contribution in [0.5, 0.6) is 5.88 Å². The zero-order valence-corrected chi connectivity index (χ0v) is 18.0. The Morgan fingerprint density at radius 3 is 2.23 bits per heavy atom. The molecule has 0 aliphatic carbocycles. The Labute approximate surface area is 158 Å². The fourth-order valence-electron chi connectivity index (χ4n) is 2.78. The second-order valence-corrected chi connectivity index (χ2v) is 10.6. The summed E-state index contributed by atoms with van der Waals surface area (Å²) in [6, 6.07) is 9.83. The summed E-state index contributed by atoms with van der Waals surface area (Å²) >= 11 is 0.